The Bertz CT molecular complexity index is 460. The summed E-state index contributed by atoms with van der Waals surface area (Å²) < 4.78 is 5.92. The lowest BCUT2D eigenvalue weighted by molar-refractivity contribution is 0.171. The summed E-state index contributed by atoms with van der Waals surface area (Å²) in [5.41, 5.74) is 2.29. The van der Waals surface area contributed by atoms with E-state index < -0.39 is 0 Å². The van der Waals surface area contributed by atoms with E-state index >= 15 is 0 Å². The Balaban J connectivity index is 2.08. The van der Waals surface area contributed by atoms with Gasteiger partial charge in [0.1, 0.15) is 0 Å². The molecule has 2 aliphatic rings. The highest BCUT2D eigenvalue weighted by atomic mass is 79.9. The minimum Gasteiger partial charge on any atom is -0.452 e. The largest absolute Gasteiger partial charge is 0.452 e. The molecule has 3 nitrogen and oxygen atoms in total. The van der Waals surface area contributed by atoms with Crippen molar-refractivity contribution < 1.29 is 9.53 Å². The van der Waals surface area contributed by atoms with E-state index in [1.54, 1.807) is 4.90 Å². The fraction of sp³-hybridized carbons (Fsp3) is 0.417. The number of benzene rings is 1. The number of rotatable bonds is 0. The number of anilines is 1. The topological polar surface area (TPSA) is 29.5 Å². The molecule has 1 amide bonds. The van der Waals surface area contributed by atoms with E-state index in [1.165, 1.54) is 19.1 Å². The highest BCUT2D eigenvalue weighted by molar-refractivity contribution is 9.10. The van der Waals surface area contributed by atoms with Crippen molar-refractivity contribution in [3.8, 4) is 0 Å². The van der Waals surface area contributed by atoms with Crippen molar-refractivity contribution in [1.82, 2.24) is 0 Å². The first-order valence-electron chi connectivity index (χ1n) is 5.39. The Morgan fingerprint density at radius 2 is 2.31 bits per heavy atom. The molecule has 0 aromatic heterocycles. The van der Waals surface area contributed by atoms with E-state index in [9.17, 15) is 4.79 Å². The smallest absolute Gasteiger partial charge is 0.414 e. The summed E-state index contributed by atoms with van der Waals surface area (Å²) in [7, 11) is 1.44. The summed E-state index contributed by atoms with van der Waals surface area (Å²) in [5.74, 6) is 0.506. The van der Waals surface area contributed by atoms with Crippen LogP contribution in [0.2, 0.25) is 0 Å². The van der Waals surface area contributed by atoms with Crippen molar-refractivity contribution in [2.75, 3.05) is 12.0 Å². The van der Waals surface area contributed by atoms with E-state index in [4.69, 9.17) is 4.74 Å². The summed E-state index contributed by atoms with van der Waals surface area (Å²) in [4.78, 5) is 13.5. The third-order valence-electron chi connectivity index (χ3n) is 3.59. The number of carbonyl (C=O) groups is 1. The zero-order valence-electron chi connectivity index (χ0n) is 8.94. The number of hydrogen-bond donors (Lipinski definition) is 0. The van der Waals surface area contributed by atoms with Crippen molar-refractivity contribution in [2.24, 2.45) is 0 Å². The lowest BCUT2D eigenvalue weighted by Gasteiger charge is -2.35. The molecule has 1 heterocycles. The molecule has 84 valence electrons. The SMILES string of the molecule is COC(=O)N1c2ccc(Br)cc2C2CCC21. The Kier molecular flexibility index (Phi) is 2.21. The van der Waals surface area contributed by atoms with Gasteiger partial charge in [-0.1, -0.05) is 15.9 Å². The first kappa shape index (κ1) is 10.1. The van der Waals surface area contributed by atoms with Crippen LogP contribution in [0.1, 0.15) is 24.3 Å². The fourth-order valence-corrected chi connectivity index (χ4v) is 3.09. The Hall–Kier alpha value is -1.03. The molecule has 1 aromatic carbocycles. The van der Waals surface area contributed by atoms with Gasteiger partial charge in [0.15, 0.2) is 0 Å². The van der Waals surface area contributed by atoms with Crippen LogP contribution in [0.5, 0.6) is 0 Å². The van der Waals surface area contributed by atoms with Crippen molar-refractivity contribution in [3.05, 3.63) is 28.2 Å². The number of halogens is 1. The van der Waals surface area contributed by atoms with Gasteiger partial charge in [0.25, 0.3) is 0 Å². The number of nitrogens with zero attached hydrogens (tertiary/aromatic N) is 1. The number of ether oxygens (including phenoxy) is 1. The van der Waals surface area contributed by atoms with Crippen molar-refractivity contribution in [3.63, 3.8) is 0 Å². The van der Waals surface area contributed by atoms with Gasteiger partial charge < -0.3 is 4.74 Å². The molecule has 0 N–H and O–H groups in total. The van der Waals surface area contributed by atoms with E-state index in [2.05, 4.69) is 22.0 Å². The molecule has 1 fully saturated rings. The zero-order valence-corrected chi connectivity index (χ0v) is 10.5. The number of methoxy groups -OCH3 is 1. The molecular formula is C12H12BrNO2. The Morgan fingerprint density at radius 3 is 2.94 bits per heavy atom. The molecule has 1 aromatic rings. The summed E-state index contributed by atoms with van der Waals surface area (Å²) in [6.07, 6.45) is 2.00. The predicted octanol–water partition coefficient (Wildman–Crippen LogP) is 3.28. The van der Waals surface area contributed by atoms with Crippen LogP contribution in [0.25, 0.3) is 0 Å². The van der Waals surface area contributed by atoms with Gasteiger partial charge in [0.05, 0.1) is 12.8 Å². The number of amides is 1. The van der Waals surface area contributed by atoms with E-state index in [0.29, 0.717) is 12.0 Å². The molecular weight excluding hydrogens is 270 g/mol. The van der Waals surface area contributed by atoms with Crippen LogP contribution >= 0.6 is 15.9 Å². The van der Waals surface area contributed by atoms with Gasteiger partial charge in [-0.2, -0.15) is 0 Å². The summed E-state index contributed by atoms with van der Waals surface area (Å²) >= 11 is 3.48. The van der Waals surface area contributed by atoms with Gasteiger partial charge in [-0.3, -0.25) is 4.90 Å². The van der Waals surface area contributed by atoms with Crippen LogP contribution in [-0.2, 0) is 4.74 Å². The fourth-order valence-electron chi connectivity index (χ4n) is 2.71. The predicted molar refractivity (Wildman–Crippen MR) is 64.8 cm³/mol. The monoisotopic (exact) mass is 281 g/mol. The summed E-state index contributed by atoms with van der Waals surface area (Å²) in [6.45, 7) is 0. The number of fused-ring (bicyclic) bond motifs is 3. The van der Waals surface area contributed by atoms with Crippen LogP contribution < -0.4 is 4.90 Å². The van der Waals surface area contributed by atoms with E-state index in [1.807, 2.05) is 12.1 Å². The second-order valence-corrected chi connectivity index (χ2v) is 5.21. The standard InChI is InChI=1S/C12H12BrNO2/c1-16-12(15)14-10-5-3-8(10)9-6-7(13)2-4-11(9)14/h2,4,6,8,10H,3,5H2,1H3. The zero-order chi connectivity index (χ0) is 11.3. The molecule has 0 radical (unpaired) electrons. The van der Waals surface area contributed by atoms with Crippen LogP contribution in [0.3, 0.4) is 0 Å². The first-order chi connectivity index (χ1) is 7.72. The van der Waals surface area contributed by atoms with Crippen LogP contribution in [0.4, 0.5) is 10.5 Å². The summed E-state index contributed by atoms with van der Waals surface area (Å²) in [5, 5.41) is 0. The lowest BCUT2D eigenvalue weighted by Crippen LogP contribution is -2.43. The average Bonchev–Trinajstić information content (AvgIpc) is 2.44. The second-order valence-electron chi connectivity index (χ2n) is 4.29. The third kappa shape index (κ3) is 1.22. The molecule has 2 unspecified atom stereocenters. The van der Waals surface area contributed by atoms with Gasteiger partial charge in [0.2, 0.25) is 0 Å². The van der Waals surface area contributed by atoms with Crippen LogP contribution in [0, 0.1) is 0 Å². The van der Waals surface area contributed by atoms with E-state index in [0.717, 1.165) is 16.6 Å². The van der Waals surface area contributed by atoms with Gasteiger partial charge in [-0.15, -0.1) is 0 Å². The third-order valence-corrected chi connectivity index (χ3v) is 4.08. The average molecular weight is 282 g/mol. The van der Waals surface area contributed by atoms with Gasteiger partial charge in [-0.05, 0) is 36.6 Å². The Labute approximate surface area is 103 Å². The quantitative estimate of drug-likeness (QED) is 0.730. The summed E-state index contributed by atoms with van der Waals surface area (Å²) in [6, 6.07) is 6.40. The molecule has 0 saturated heterocycles. The maximum absolute atomic E-state index is 11.7. The second kappa shape index (κ2) is 3.48. The molecule has 16 heavy (non-hydrogen) atoms. The molecule has 1 aliphatic heterocycles. The van der Waals surface area contributed by atoms with Crippen LogP contribution in [0.15, 0.2) is 22.7 Å². The molecule has 1 aliphatic carbocycles. The maximum atomic E-state index is 11.7. The minimum absolute atomic E-state index is 0.240. The van der Waals surface area contributed by atoms with Gasteiger partial charge >= 0.3 is 6.09 Å². The molecule has 2 atom stereocenters. The molecule has 1 saturated carbocycles. The van der Waals surface area contributed by atoms with E-state index in [-0.39, 0.29) is 6.09 Å². The highest BCUT2D eigenvalue weighted by Gasteiger charge is 2.47. The highest BCUT2D eigenvalue weighted by Crippen LogP contribution is 2.52. The number of hydrogen-bond acceptors (Lipinski definition) is 2. The normalized spacial score (nSPS) is 25.8. The molecule has 3 rings (SSSR count). The first-order valence-corrected chi connectivity index (χ1v) is 6.18. The number of carbonyl (C=O) groups excluding carboxylic acids is 1. The molecule has 0 spiro atoms. The van der Waals surface area contributed by atoms with Crippen molar-refractivity contribution in [2.45, 2.75) is 24.8 Å². The van der Waals surface area contributed by atoms with Gasteiger partial charge in [-0.25, -0.2) is 4.79 Å². The van der Waals surface area contributed by atoms with Crippen molar-refractivity contribution in [1.29, 1.82) is 0 Å². The van der Waals surface area contributed by atoms with Gasteiger partial charge in [0, 0.05) is 16.4 Å². The van der Waals surface area contributed by atoms with Crippen LogP contribution in [-0.4, -0.2) is 19.2 Å². The minimum atomic E-state index is -0.240. The maximum Gasteiger partial charge on any atom is 0.414 e. The molecule has 0 bridgehead atoms. The Morgan fingerprint density at radius 1 is 1.50 bits per heavy atom. The molecule has 4 heteroatoms. The van der Waals surface area contributed by atoms with Crippen molar-refractivity contribution >= 4 is 27.7 Å². The lowest BCUT2D eigenvalue weighted by atomic mass is 9.78.